The van der Waals surface area contributed by atoms with Gasteiger partial charge in [-0.15, -0.1) is 0 Å². The summed E-state index contributed by atoms with van der Waals surface area (Å²) in [6, 6.07) is 17.6. The minimum atomic E-state index is -0.330. The number of hydrogen-bond acceptors (Lipinski definition) is 6. The number of amides is 1. The molecule has 0 atom stereocenters. The van der Waals surface area contributed by atoms with Gasteiger partial charge in [0.15, 0.2) is 11.5 Å². The lowest BCUT2D eigenvalue weighted by atomic mass is 10.1. The van der Waals surface area contributed by atoms with E-state index in [1.807, 2.05) is 0 Å². The lowest BCUT2D eigenvalue weighted by Gasteiger charge is -2.13. The van der Waals surface area contributed by atoms with Gasteiger partial charge in [-0.3, -0.25) is 4.79 Å². The summed E-state index contributed by atoms with van der Waals surface area (Å²) in [4.78, 5) is 12.7. The van der Waals surface area contributed by atoms with Crippen molar-refractivity contribution in [1.29, 1.82) is 0 Å². The van der Waals surface area contributed by atoms with Crippen LogP contribution in [0, 0.1) is 0 Å². The van der Waals surface area contributed by atoms with Gasteiger partial charge >= 0.3 is 0 Å². The average molecular weight is 393 g/mol. The fourth-order valence-electron chi connectivity index (χ4n) is 2.95. The van der Waals surface area contributed by atoms with Crippen molar-refractivity contribution in [3.05, 3.63) is 66.2 Å². The van der Waals surface area contributed by atoms with E-state index in [-0.39, 0.29) is 12.7 Å². The third-order valence-electron chi connectivity index (χ3n) is 4.35. The van der Waals surface area contributed by atoms with E-state index in [4.69, 9.17) is 23.7 Å². The first-order valence-corrected chi connectivity index (χ1v) is 8.88. The van der Waals surface area contributed by atoms with Crippen molar-refractivity contribution < 1.29 is 28.5 Å². The number of benzene rings is 3. The molecule has 7 nitrogen and oxygen atoms in total. The van der Waals surface area contributed by atoms with Crippen molar-refractivity contribution in [2.45, 2.75) is 0 Å². The second kappa shape index (κ2) is 8.02. The molecule has 148 valence electrons. The molecule has 0 unspecified atom stereocenters. The van der Waals surface area contributed by atoms with Crippen LogP contribution in [0.15, 0.2) is 60.7 Å². The van der Waals surface area contributed by atoms with Crippen LogP contribution in [0.5, 0.6) is 34.5 Å². The number of anilines is 1. The molecular formula is C22H19NO6. The molecule has 0 bridgehead atoms. The number of methoxy groups -OCH3 is 2. The highest BCUT2D eigenvalue weighted by atomic mass is 16.7. The van der Waals surface area contributed by atoms with Crippen LogP contribution in [-0.4, -0.2) is 26.9 Å². The zero-order chi connectivity index (χ0) is 20.2. The highest BCUT2D eigenvalue weighted by Gasteiger charge is 2.18. The fourth-order valence-corrected chi connectivity index (χ4v) is 2.95. The SMILES string of the molecule is COc1cccc(OC)c1C(=O)Nc1ccc(Oc2ccc3c(c2)OCO3)cc1. The van der Waals surface area contributed by atoms with Gasteiger partial charge in [-0.25, -0.2) is 0 Å². The molecule has 29 heavy (non-hydrogen) atoms. The van der Waals surface area contributed by atoms with Gasteiger partial charge in [0.05, 0.1) is 14.2 Å². The van der Waals surface area contributed by atoms with Crippen LogP contribution in [0.4, 0.5) is 5.69 Å². The number of rotatable bonds is 6. The molecule has 0 saturated heterocycles. The third kappa shape index (κ3) is 3.89. The van der Waals surface area contributed by atoms with Crippen molar-refractivity contribution in [2.75, 3.05) is 26.3 Å². The number of ether oxygens (including phenoxy) is 5. The topological polar surface area (TPSA) is 75.3 Å². The zero-order valence-electron chi connectivity index (χ0n) is 15.9. The number of fused-ring (bicyclic) bond motifs is 1. The molecule has 1 amide bonds. The molecule has 3 aromatic rings. The third-order valence-corrected chi connectivity index (χ3v) is 4.35. The van der Waals surface area contributed by atoms with Gasteiger partial charge in [-0.05, 0) is 48.5 Å². The molecule has 1 aliphatic heterocycles. The largest absolute Gasteiger partial charge is 0.496 e. The molecule has 0 spiro atoms. The van der Waals surface area contributed by atoms with E-state index in [2.05, 4.69) is 5.32 Å². The van der Waals surface area contributed by atoms with Crippen molar-refractivity contribution in [3.8, 4) is 34.5 Å². The Kier molecular flexibility index (Phi) is 5.11. The first-order chi connectivity index (χ1) is 14.2. The molecule has 1 aliphatic rings. The molecule has 0 aliphatic carbocycles. The van der Waals surface area contributed by atoms with Crippen LogP contribution in [0.25, 0.3) is 0 Å². The summed E-state index contributed by atoms with van der Waals surface area (Å²) in [5.41, 5.74) is 0.944. The second-order valence-electron chi connectivity index (χ2n) is 6.13. The second-order valence-corrected chi connectivity index (χ2v) is 6.13. The first-order valence-electron chi connectivity index (χ1n) is 8.88. The van der Waals surface area contributed by atoms with E-state index < -0.39 is 0 Å². The summed E-state index contributed by atoms with van der Waals surface area (Å²) < 4.78 is 27.0. The van der Waals surface area contributed by atoms with E-state index in [1.165, 1.54) is 14.2 Å². The summed E-state index contributed by atoms with van der Waals surface area (Å²) in [5, 5.41) is 2.84. The van der Waals surface area contributed by atoms with Crippen LogP contribution in [-0.2, 0) is 0 Å². The van der Waals surface area contributed by atoms with Crippen LogP contribution in [0.2, 0.25) is 0 Å². The van der Waals surface area contributed by atoms with Gasteiger partial charge in [-0.2, -0.15) is 0 Å². The van der Waals surface area contributed by atoms with Crippen molar-refractivity contribution >= 4 is 11.6 Å². The molecule has 3 aromatic carbocycles. The number of carbonyl (C=O) groups excluding carboxylic acids is 1. The van der Waals surface area contributed by atoms with Crippen molar-refractivity contribution in [1.82, 2.24) is 0 Å². The van der Waals surface area contributed by atoms with Crippen LogP contribution >= 0.6 is 0 Å². The number of hydrogen-bond donors (Lipinski definition) is 1. The predicted octanol–water partition coefficient (Wildman–Crippen LogP) is 4.48. The predicted molar refractivity (Wildman–Crippen MR) is 107 cm³/mol. The van der Waals surface area contributed by atoms with E-state index in [9.17, 15) is 4.79 Å². The minimum Gasteiger partial charge on any atom is -0.496 e. The maximum Gasteiger partial charge on any atom is 0.263 e. The van der Waals surface area contributed by atoms with E-state index in [0.717, 1.165) is 0 Å². The fraction of sp³-hybridized carbons (Fsp3) is 0.136. The number of carbonyl (C=O) groups is 1. The minimum absolute atomic E-state index is 0.212. The van der Waals surface area contributed by atoms with Crippen molar-refractivity contribution in [2.24, 2.45) is 0 Å². The lowest BCUT2D eigenvalue weighted by Crippen LogP contribution is -2.14. The Morgan fingerprint density at radius 3 is 2.21 bits per heavy atom. The summed E-state index contributed by atoms with van der Waals surface area (Å²) in [6.07, 6.45) is 0. The van der Waals surface area contributed by atoms with Gasteiger partial charge in [0.1, 0.15) is 28.6 Å². The van der Waals surface area contributed by atoms with Crippen LogP contribution in [0.1, 0.15) is 10.4 Å². The van der Waals surface area contributed by atoms with E-state index >= 15 is 0 Å². The normalized spacial score (nSPS) is 11.7. The smallest absolute Gasteiger partial charge is 0.263 e. The first kappa shape index (κ1) is 18.5. The maximum atomic E-state index is 12.7. The Morgan fingerprint density at radius 2 is 1.52 bits per heavy atom. The summed E-state index contributed by atoms with van der Waals surface area (Å²) in [6.45, 7) is 0.212. The standard InChI is InChI=1S/C22H19NO6/c1-25-18-4-3-5-19(26-2)21(18)22(24)23-14-6-8-15(9-7-14)29-16-10-11-17-20(12-16)28-13-27-17/h3-12H,13H2,1-2H3,(H,23,24). The van der Waals surface area contributed by atoms with Crippen LogP contribution in [0.3, 0.4) is 0 Å². The van der Waals surface area contributed by atoms with E-state index in [0.29, 0.717) is 45.7 Å². The molecule has 0 aromatic heterocycles. The monoisotopic (exact) mass is 393 g/mol. The van der Waals surface area contributed by atoms with Gasteiger partial charge in [-0.1, -0.05) is 6.07 Å². The molecule has 4 rings (SSSR count). The van der Waals surface area contributed by atoms with E-state index in [1.54, 1.807) is 60.7 Å². The molecule has 0 saturated carbocycles. The molecule has 0 fully saturated rings. The van der Waals surface area contributed by atoms with Crippen molar-refractivity contribution in [3.63, 3.8) is 0 Å². The Morgan fingerprint density at radius 1 is 0.862 bits per heavy atom. The Balaban J connectivity index is 1.47. The van der Waals surface area contributed by atoms with Gasteiger partial charge < -0.3 is 29.0 Å². The summed E-state index contributed by atoms with van der Waals surface area (Å²) in [5.74, 6) is 3.14. The van der Waals surface area contributed by atoms with Gasteiger partial charge in [0.25, 0.3) is 5.91 Å². The lowest BCUT2D eigenvalue weighted by molar-refractivity contribution is 0.102. The molecule has 1 N–H and O–H groups in total. The Bertz CT molecular complexity index is 1010. The molecule has 1 heterocycles. The highest BCUT2D eigenvalue weighted by molar-refractivity contribution is 6.08. The Labute approximate surface area is 167 Å². The highest BCUT2D eigenvalue weighted by Crippen LogP contribution is 2.36. The molecular weight excluding hydrogens is 374 g/mol. The quantitative estimate of drug-likeness (QED) is 0.666. The number of nitrogens with one attached hydrogen (secondary N) is 1. The maximum absolute atomic E-state index is 12.7. The van der Waals surface area contributed by atoms with Crippen LogP contribution < -0.4 is 29.0 Å². The Hall–Kier alpha value is -3.87. The molecule has 7 heteroatoms. The summed E-state index contributed by atoms with van der Waals surface area (Å²) in [7, 11) is 3.02. The van der Waals surface area contributed by atoms with Gasteiger partial charge in [0, 0.05) is 11.8 Å². The summed E-state index contributed by atoms with van der Waals surface area (Å²) >= 11 is 0. The van der Waals surface area contributed by atoms with Gasteiger partial charge in [0.2, 0.25) is 6.79 Å². The molecule has 0 radical (unpaired) electrons. The zero-order valence-corrected chi connectivity index (χ0v) is 15.9. The average Bonchev–Trinajstić information content (AvgIpc) is 3.22.